The maximum absolute atomic E-state index is 12.1. The molecule has 0 saturated carbocycles. The van der Waals surface area contributed by atoms with Gasteiger partial charge in [0.05, 0.1) is 0 Å². The second-order valence-corrected chi connectivity index (χ2v) is 9.18. The van der Waals surface area contributed by atoms with Gasteiger partial charge in [-0.05, 0) is 27.3 Å². The summed E-state index contributed by atoms with van der Waals surface area (Å²) in [6, 6.07) is 9.34. The molecule has 0 aromatic heterocycles. The third kappa shape index (κ3) is 3.03. The molecule has 0 heterocycles. The van der Waals surface area contributed by atoms with Gasteiger partial charge in [-0.25, -0.2) is 0 Å². The molecule has 2 aromatic carbocycles. The van der Waals surface area contributed by atoms with Gasteiger partial charge in [-0.3, -0.25) is 4.55 Å². The van der Waals surface area contributed by atoms with Crippen molar-refractivity contribution in [3.8, 4) is 0 Å². The van der Waals surface area contributed by atoms with E-state index < -0.39 is 15.5 Å². The SMILES string of the molecule is CC(C)(C)c1cc2ccccc2c(S(=O)(=O)O)c1C(C)(C)C. The molecule has 0 fully saturated rings. The Bertz CT molecular complexity index is 820. The Morgan fingerprint density at radius 3 is 1.91 bits per heavy atom. The average molecular weight is 320 g/mol. The van der Waals surface area contributed by atoms with E-state index in [1.54, 1.807) is 12.1 Å². The largest absolute Gasteiger partial charge is 0.295 e. The molecule has 2 aromatic rings. The van der Waals surface area contributed by atoms with Gasteiger partial charge in [0.1, 0.15) is 4.90 Å². The highest BCUT2D eigenvalue weighted by Crippen LogP contribution is 2.41. The highest BCUT2D eigenvalue weighted by molar-refractivity contribution is 7.86. The maximum Gasteiger partial charge on any atom is 0.295 e. The van der Waals surface area contributed by atoms with E-state index >= 15 is 0 Å². The van der Waals surface area contributed by atoms with E-state index in [4.69, 9.17) is 0 Å². The van der Waals surface area contributed by atoms with Crippen LogP contribution in [0.25, 0.3) is 10.8 Å². The second kappa shape index (κ2) is 5.07. The predicted molar refractivity (Wildman–Crippen MR) is 91.2 cm³/mol. The molecule has 120 valence electrons. The third-order valence-corrected chi connectivity index (χ3v) is 4.76. The lowest BCUT2D eigenvalue weighted by atomic mass is 9.74. The molecule has 1 N–H and O–H groups in total. The third-order valence-electron chi connectivity index (χ3n) is 3.82. The van der Waals surface area contributed by atoms with Crippen molar-refractivity contribution < 1.29 is 13.0 Å². The summed E-state index contributed by atoms with van der Waals surface area (Å²) >= 11 is 0. The first kappa shape index (κ1) is 17.0. The lowest BCUT2D eigenvalue weighted by Crippen LogP contribution is -2.25. The van der Waals surface area contributed by atoms with Crippen LogP contribution in [0.15, 0.2) is 35.2 Å². The lowest BCUT2D eigenvalue weighted by molar-refractivity contribution is 0.472. The minimum Gasteiger partial charge on any atom is -0.282 e. The van der Waals surface area contributed by atoms with E-state index in [1.165, 1.54) is 0 Å². The van der Waals surface area contributed by atoms with Crippen molar-refractivity contribution in [3.05, 3.63) is 41.5 Å². The van der Waals surface area contributed by atoms with E-state index in [0.29, 0.717) is 10.9 Å². The molecule has 22 heavy (non-hydrogen) atoms. The Kier molecular flexibility index (Phi) is 3.91. The first-order chi connectivity index (χ1) is 9.83. The highest BCUT2D eigenvalue weighted by Gasteiger charge is 2.33. The molecule has 0 atom stereocenters. The standard InChI is InChI=1S/C18H24O3S/c1-17(2,3)14-11-12-9-7-8-10-13(12)16(22(19,20)21)15(14)18(4,5)6/h7-11H,1-6H3,(H,19,20,21). The van der Waals surface area contributed by atoms with Crippen LogP contribution in [0.3, 0.4) is 0 Å². The molecule has 0 unspecified atom stereocenters. The summed E-state index contributed by atoms with van der Waals surface area (Å²) in [4.78, 5) is 0.0445. The predicted octanol–water partition coefficient (Wildman–Crippen LogP) is 4.68. The quantitative estimate of drug-likeness (QED) is 0.776. The van der Waals surface area contributed by atoms with Gasteiger partial charge in [0.2, 0.25) is 0 Å². The van der Waals surface area contributed by atoms with Crippen LogP contribution in [0.5, 0.6) is 0 Å². The van der Waals surface area contributed by atoms with E-state index in [0.717, 1.165) is 10.9 Å². The summed E-state index contributed by atoms with van der Waals surface area (Å²) in [5.41, 5.74) is 1.01. The van der Waals surface area contributed by atoms with Crippen LogP contribution in [-0.4, -0.2) is 13.0 Å². The maximum atomic E-state index is 12.1. The first-order valence-electron chi connectivity index (χ1n) is 7.37. The zero-order valence-electron chi connectivity index (χ0n) is 14.1. The molecular formula is C18H24O3S. The van der Waals surface area contributed by atoms with Crippen LogP contribution >= 0.6 is 0 Å². The number of benzene rings is 2. The van der Waals surface area contributed by atoms with E-state index in [9.17, 15) is 13.0 Å². The van der Waals surface area contributed by atoms with Crippen LogP contribution in [0.1, 0.15) is 52.7 Å². The van der Waals surface area contributed by atoms with Crippen molar-refractivity contribution in [1.82, 2.24) is 0 Å². The normalized spacial score (nSPS) is 13.6. The van der Waals surface area contributed by atoms with Gasteiger partial charge in [-0.15, -0.1) is 0 Å². The molecule has 0 aliphatic heterocycles. The van der Waals surface area contributed by atoms with Gasteiger partial charge in [0.25, 0.3) is 10.1 Å². The molecule has 0 saturated heterocycles. The fourth-order valence-electron chi connectivity index (χ4n) is 2.92. The van der Waals surface area contributed by atoms with E-state index in [1.807, 2.05) is 39.0 Å². The average Bonchev–Trinajstić information content (AvgIpc) is 2.33. The topological polar surface area (TPSA) is 54.4 Å². The first-order valence-corrected chi connectivity index (χ1v) is 8.81. The highest BCUT2D eigenvalue weighted by atomic mass is 32.2. The van der Waals surface area contributed by atoms with Crippen molar-refractivity contribution in [2.24, 2.45) is 0 Å². The van der Waals surface area contributed by atoms with Gasteiger partial charge in [-0.1, -0.05) is 71.9 Å². The summed E-state index contributed by atoms with van der Waals surface area (Å²) < 4.78 is 34.2. The van der Waals surface area contributed by atoms with Crippen molar-refractivity contribution in [2.75, 3.05) is 0 Å². The molecule has 2 rings (SSSR count). The Morgan fingerprint density at radius 2 is 1.45 bits per heavy atom. The van der Waals surface area contributed by atoms with Crippen LogP contribution in [0, 0.1) is 0 Å². The molecular weight excluding hydrogens is 296 g/mol. The van der Waals surface area contributed by atoms with Crippen molar-refractivity contribution in [3.63, 3.8) is 0 Å². The van der Waals surface area contributed by atoms with Crippen molar-refractivity contribution in [2.45, 2.75) is 57.3 Å². The summed E-state index contributed by atoms with van der Waals surface area (Å²) in [5.74, 6) is 0. The minimum atomic E-state index is -4.33. The monoisotopic (exact) mass is 320 g/mol. The van der Waals surface area contributed by atoms with Gasteiger partial charge in [0.15, 0.2) is 0 Å². The van der Waals surface area contributed by atoms with E-state index in [2.05, 4.69) is 20.8 Å². The molecule has 0 radical (unpaired) electrons. The molecule has 0 aliphatic carbocycles. The van der Waals surface area contributed by atoms with Crippen LogP contribution in [-0.2, 0) is 20.9 Å². The van der Waals surface area contributed by atoms with Crippen LogP contribution < -0.4 is 0 Å². The zero-order valence-corrected chi connectivity index (χ0v) is 14.9. The number of rotatable bonds is 1. The van der Waals surface area contributed by atoms with Gasteiger partial charge in [0, 0.05) is 5.39 Å². The molecule has 0 aliphatic rings. The Hall–Kier alpha value is -1.39. The summed E-state index contributed by atoms with van der Waals surface area (Å²) in [5, 5.41) is 1.40. The smallest absolute Gasteiger partial charge is 0.282 e. The molecule has 0 bridgehead atoms. The van der Waals surface area contributed by atoms with Crippen molar-refractivity contribution >= 4 is 20.9 Å². The summed E-state index contributed by atoms with van der Waals surface area (Å²) in [7, 11) is -4.33. The van der Waals surface area contributed by atoms with Gasteiger partial charge < -0.3 is 0 Å². The van der Waals surface area contributed by atoms with Gasteiger partial charge >= 0.3 is 0 Å². The zero-order chi connectivity index (χ0) is 16.9. The van der Waals surface area contributed by atoms with Gasteiger partial charge in [-0.2, -0.15) is 8.42 Å². The number of fused-ring (bicyclic) bond motifs is 1. The number of hydrogen-bond donors (Lipinski definition) is 1. The second-order valence-electron chi connectivity index (χ2n) is 7.82. The number of hydrogen-bond acceptors (Lipinski definition) is 2. The Labute approximate surface area is 133 Å². The van der Waals surface area contributed by atoms with Crippen LogP contribution in [0.2, 0.25) is 0 Å². The van der Waals surface area contributed by atoms with E-state index in [-0.39, 0.29) is 10.3 Å². The molecule has 0 spiro atoms. The Balaban J connectivity index is 3.16. The van der Waals surface area contributed by atoms with Crippen LogP contribution in [0.4, 0.5) is 0 Å². The molecule has 3 nitrogen and oxygen atoms in total. The molecule has 0 amide bonds. The van der Waals surface area contributed by atoms with Crippen molar-refractivity contribution in [1.29, 1.82) is 0 Å². The summed E-state index contributed by atoms with van der Waals surface area (Å²) in [6.45, 7) is 12.1. The summed E-state index contributed by atoms with van der Waals surface area (Å²) in [6.07, 6.45) is 0. The fourth-order valence-corrected chi connectivity index (χ4v) is 4.06. The minimum absolute atomic E-state index is 0.0445. The lowest BCUT2D eigenvalue weighted by Gasteiger charge is -2.32. The fraction of sp³-hybridized carbons (Fsp3) is 0.444. The Morgan fingerprint density at radius 1 is 0.909 bits per heavy atom. The molecule has 4 heteroatoms.